The number of carbonyl (C=O) groups excluding carboxylic acids is 3. The maximum Gasteiger partial charge on any atom is 0.306 e. The lowest BCUT2D eigenvalue weighted by Gasteiger charge is -2.32. The van der Waals surface area contributed by atoms with E-state index in [1.54, 1.807) is 43.0 Å². The third-order valence-corrected chi connectivity index (χ3v) is 7.40. The molecule has 1 aliphatic rings. The lowest BCUT2D eigenvalue weighted by atomic mass is 9.82. The molecule has 2 amide bonds. The van der Waals surface area contributed by atoms with Crippen molar-refractivity contribution < 1.29 is 23.9 Å². The summed E-state index contributed by atoms with van der Waals surface area (Å²) in [5.41, 5.74) is 6.74. The van der Waals surface area contributed by atoms with Crippen LogP contribution in [0.2, 0.25) is 0 Å². The molecule has 1 N–H and O–H groups in total. The number of aryl methyl sites for hydroxylation is 1. The molecule has 3 aromatic carbocycles. The number of fused-ring (bicyclic) bond motifs is 2. The highest BCUT2D eigenvalue weighted by Gasteiger charge is 2.29. The number of esters is 1. The number of benzene rings is 3. The molecule has 1 aliphatic heterocycles. The van der Waals surface area contributed by atoms with Gasteiger partial charge in [0.2, 0.25) is 5.91 Å². The molecule has 1 aromatic heterocycles. The number of amides is 2. The van der Waals surface area contributed by atoms with Crippen LogP contribution >= 0.6 is 0 Å². The molecular weight excluding hydrogens is 522 g/mol. The summed E-state index contributed by atoms with van der Waals surface area (Å²) in [6.07, 6.45) is 0.799. The third-order valence-electron chi connectivity index (χ3n) is 7.40. The quantitative estimate of drug-likeness (QED) is 0.324. The SMILES string of the molecule is CCOC(=O)C[C@H](c1cc(OC)c2c(c1)nnn2C)c1cccc2c1CCN(C(=O)c1ccc(NC(C)=O)cc1)C2. The van der Waals surface area contributed by atoms with Crippen LogP contribution in [0.1, 0.15) is 58.8 Å². The van der Waals surface area contributed by atoms with Crippen LogP contribution in [-0.4, -0.2) is 57.9 Å². The van der Waals surface area contributed by atoms with Gasteiger partial charge in [-0.15, -0.1) is 5.10 Å². The second-order valence-corrected chi connectivity index (χ2v) is 10.1. The molecular formula is C31H33N5O5. The average Bonchev–Trinajstić information content (AvgIpc) is 3.35. The Balaban J connectivity index is 1.47. The van der Waals surface area contributed by atoms with Gasteiger partial charge in [-0.05, 0) is 72.0 Å². The number of nitrogens with one attached hydrogen (secondary N) is 1. The molecule has 4 aromatic rings. The van der Waals surface area contributed by atoms with Gasteiger partial charge in [0.25, 0.3) is 5.91 Å². The van der Waals surface area contributed by atoms with Crippen LogP contribution in [0.3, 0.4) is 0 Å². The number of anilines is 1. The normalized spacial score (nSPS) is 13.4. The summed E-state index contributed by atoms with van der Waals surface area (Å²) >= 11 is 0. The first kappa shape index (κ1) is 27.8. The first-order valence-electron chi connectivity index (χ1n) is 13.6. The van der Waals surface area contributed by atoms with Gasteiger partial charge in [0.1, 0.15) is 16.8 Å². The minimum Gasteiger partial charge on any atom is -0.494 e. The zero-order valence-corrected chi connectivity index (χ0v) is 23.6. The summed E-state index contributed by atoms with van der Waals surface area (Å²) in [4.78, 5) is 39.3. The van der Waals surface area contributed by atoms with Crippen LogP contribution in [0.15, 0.2) is 54.6 Å². The predicted molar refractivity (Wildman–Crippen MR) is 154 cm³/mol. The number of carbonyl (C=O) groups is 3. The van der Waals surface area contributed by atoms with Gasteiger partial charge in [0, 0.05) is 44.2 Å². The van der Waals surface area contributed by atoms with Crippen molar-refractivity contribution >= 4 is 34.5 Å². The molecule has 0 fully saturated rings. The number of rotatable bonds is 8. The highest BCUT2D eigenvalue weighted by Crippen LogP contribution is 2.38. The van der Waals surface area contributed by atoms with Crippen LogP contribution in [-0.2, 0) is 34.3 Å². The summed E-state index contributed by atoms with van der Waals surface area (Å²) in [6, 6.07) is 16.9. The van der Waals surface area contributed by atoms with Crippen molar-refractivity contribution in [1.29, 1.82) is 0 Å². The van der Waals surface area contributed by atoms with E-state index in [0.717, 1.165) is 27.8 Å². The molecule has 0 aliphatic carbocycles. The monoisotopic (exact) mass is 555 g/mol. The fourth-order valence-electron chi connectivity index (χ4n) is 5.55. The topological polar surface area (TPSA) is 116 Å². The van der Waals surface area contributed by atoms with E-state index in [2.05, 4.69) is 15.6 Å². The molecule has 0 radical (unpaired) electrons. The van der Waals surface area contributed by atoms with E-state index in [9.17, 15) is 14.4 Å². The van der Waals surface area contributed by atoms with Gasteiger partial charge in [-0.2, -0.15) is 0 Å². The molecule has 0 saturated heterocycles. The van der Waals surface area contributed by atoms with Crippen molar-refractivity contribution in [2.45, 2.75) is 39.2 Å². The van der Waals surface area contributed by atoms with E-state index in [0.29, 0.717) is 48.6 Å². The molecule has 5 rings (SSSR count). The van der Waals surface area contributed by atoms with E-state index in [1.807, 2.05) is 42.3 Å². The standard InChI is InChI=1S/C31H33N5O5/c1-5-41-29(38)17-26(22-15-27-30(28(16-22)40-4)35(3)34-33-27)25-8-6-7-21-18-36(14-13-24(21)25)31(39)20-9-11-23(12-10-20)32-19(2)37/h6-12,15-16,26H,5,13-14,17-18H2,1-4H3,(H,32,37)/t26-/m1/s1. The second-order valence-electron chi connectivity index (χ2n) is 10.1. The Morgan fingerprint density at radius 1 is 1.10 bits per heavy atom. The minimum absolute atomic E-state index is 0.0728. The van der Waals surface area contributed by atoms with Crippen molar-refractivity contribution in [3.63, 3.8) is 0 Å². The maximum absolute atomic E-state index is 13.3. The first-order valence-corrected chi connectivity index (χ1v) is 13.6. The summed E-state index contributed by atoms with van der Waals surface area (Å²) in [5, 5.41) is 11.2. The molecule has 0 spiro atoms. The highest BCUT2D eigenvalue weighted by molar-refractivity contribution is 5.95. The van der Waals surface area contributed by atoms with Crippen LogP contribution in [0.4, 0.5) is 5.69 Å². The second kappa shape index (κ2) is 11.8. The van der Waals surface area contributed by atoms with E-state index >= 15 is 0 Å². The molecule has 10 heteroatoms. The van der Waals surface area contributed by atoms with Crippen molar-refractivity contribution in [3.05, 3.63) is 82.4 Å². The first-order chi connectivity index (χ1) is 19.8. The average molecular weight is 556 g/mol. The van der Waals surface area contributed by atoms with Gasteiger partial charge in [-0.3, -0.25) is 14.4 Å². The zero-order chi connectivity index (χ0) is 29.1. The fraction of sp³-hybridized carbons (Fsp3) is 0.323. The van der Waals surface area contributed by atoms with Gasteiger partial charge in [-0.25, -0.2) is 4.68 Å². The third kappa shape index (κ3) is 5.77. The summed E-state index contributed by atoms with van der Waals surface area (Å²) in [5.74, 6) is -0.193. The molecule has 0 bridgehead atoms. The number of aromatic nitrogens is 3. The van der Waals surface area contributed by atoms with Crippen LogP contribution in [0.25, 0.3) is 11.0 Å². The number of methoxy groups -OCH3 is 1. The van der Waals surface area contributed by atoms with Crippen molar-refractivity contribution in [1.82, 2.24) is 19.9 Å². The summed E-state index contributed by atoms with van der Waals surface area (Å²) in [7, 11) is 3.42. The highest BCUT2D eigenvalue weighted by atomic mass is 16.5. The Morgan fingerprint density at radius 2 is 1.88 bits per heavy atom. The van der Waals surface area contributed by atoms with Crippen molar-refractivity contribution in [2.24, 2.45) is 7.05 Å². The zero-order valence-electron chi connectivity index (χ0n) is 23.6. The molecule has 1 atom stereocenters. The molecule has 10 nitrogen and oxygen atoms in total. The number of hydrogen-bond acceptors (Lipinski definition) is 7. The Labute approximate surface area is 238 Å². The van der Waals surface area contributed by atoms with E-state index in [4.69, 9.17) is 9.47 Å². The number of ether oxygens (including phenoxy) is 2. The summed E-state index contributed by atoms with van der Waals surface area (Å²) in [6.45, 7) is 4.53. The van der Waals surface area contributed by atoms with Gasteiger partial charge in [0.05, 0.1) is 20.1 Å². The molecule has 2 heterocycles. The maximum atomic E-state index is 13.3. The lowest BCUT2D eigenvalue weighted by molar-refractivity contribution is -0.143. The number of hydrogen-bond donors (Lipinski definition) is 1. The van der Waals surface area contributed by atoms with E-state index in [1.165, 1.54) is 6.92 Å². The van der Waals surface area contributed by atoms with Crippen molar-refractivity contribution in [3.8, 4) is 5.75 Å². The van der Waals surface area contributed by atoms with Crippen molar-refractivity contribution in [2.75, 3.05) is 25.6 Å². The van der Waals surface area contributed by atoms with Gasteiger partial charge in [-0.1, -0.05) is 23.4 Å². The van der Waals surface area contributed by atoms with E-state index in [-0.39, 0.29) is 30.1 Å². The Bertz CT molecular complexity index is 1610. The molecule has 0 saturated carbocycles. The van der Waals surface area contributed by atoms with Crippen LogP contribution < -0.4 is 10.1 Å². The smallest absolute Gasteiger partial charge is 0.306 e. The Hall–Kier alpha value is -4.73. The minimum atomic E-state index is -0.298. The lowest BCUT2D eigenvalue weighted by Crippen LogP contribution is -2.36. The summed E-state index contributed by atoms with van der Waals surface area (Å²) < 4.78 is 12.7. The van der Waals surface area contributed by atoms with E-state index < -0.39 is 0 Å². The Morgan fingerprint density at radius 3 is 2.59 bits per heavy atom. The van der Waals surface area contributed by atoms with Crippen LogP contribution in [0.5, 0.6) is 5.75 Å². The Kier molecular flexibility index (Phi) is 8.00. The number of nitrogens with zero attached hydrogens (tertiary/aromatic N) is 4. The van der Waals surface area contributed by atoms with Gasteiger partial charge >= 0.3 is 5.97 Å². The molecule has 41 heavy (non-hydrogen) atoms. The van der Waals surface area contributed by atoms with Gasteiger partial charge in [0.15, 0.2) is 0 Å². The largest absolute Gasteiger partial charge is 0.494 e. The van der Waals surface area contributed by atoms with Crippen LogP contribution in [0, 0.1) is 0 Å². The fourth-order valence-corrected chi connectivity index (χ4v) is 5.55. The molecule has 0 unspecified atom stereocenters. The molecule has 212 valence electrons. The van der Waals surface area contributed by atoms with Gasteiger partial charge < -0.3 is 19.7 Å². The predicted octanol–water partition coefficient (Wildman–Crippen LogP) is 4.22.